The molecule has 0 aliphatic heterocycles. The molecule has 0 aromatic rings. The van der Waals surface area contributed by atoms with Crippen LogP contribution >= 0.6 is 0 Å². The number of rotatable bonds is 0. The highest BCUT2D eigenvalue weighted by Crippen LogP contribution is 1.99. The summed E-state index contributed by atoms with van der Waals surface area (Å²) in [6, 6.07) is 0. The lowest BCUT2D eigenvalue weighted by Crippen LogP contribution is -2.25. The maximum atomic E-state index is 9.37. The summed E-state index contributed by atoms with van der Waals surface area (Å²) < 4.78 is 0. The van der Waals surface area contributed by atoms with Crippen LogP contribution in [0, 0.1) is 11.1 Å². The molecule has 1 nitrogen and oxygen atoms in total. The molecule has 0 spiro atoms. The van der Waals surface area contributed by atoms with Gasteiger partial charge in [0, 0.05) is 0 Å². The Kier molecular flexibility index (Phi) is 2.90. The van der Waals surface area contributed by atoms with Crippen LogP contribution in [0.5, 0.6) is 0 Å². The Morgan fingerprint density at radius 3 is 1.40 bits per heavy atom. The molecular weight excluding hydrogens is 156 g/mol. The van der Waals surface area contributed by atoms with Crippen LogP contribution in [0.25, 0.3) is 0 Å². The van der Waals surface area contributed by atoms with Crippen LogP contribution in [0.1, 0.15) is 0 Å². The van der Waals surface area contributed by atoms with Gasteiger partial charge in [0.2, 0.25) is 0 Å². The van der Waals surface area contributed by atoms with E-state index >= 15 is 0 Å². The van der Waals surface area contributed by atoms with Gasteiger partial charge in [-0.3, -0.25) is 0 Å². The SMILES string of the molecule is C[Si](C)(C)C#C[Si](C)(C)O. The normalized spacial score (nSPS) is 12.2. The molecular formula is C7H16OSi2. The Bertz CT molecular complexity index is 145. The molecule has 0 fully saturated rings. The summed E-state index contributed by atoms with van der Waals surface area (Å²) in [6.45, 7) is 10.2. The Hall–Kier alpha value is -0.0462. The third-order valence-electron chi connectivity index (χ3n) is 0.743. The first kappa shape index (κ1) is 9.95. The second-order valence-electron chi connectivity index (χ2n) is 4.06. The third kappa shape index (κ3) is 7.95. The molecule has 0 heterocycles. The van der Waals surface area contributed by atoms with Crippen molar-refractivity contribution >= 4 is 16.4 Å². The minimum Gasteiger partial charge on any atom is -0.422 e. The highest BCUT2D eigenvalue weighted by atomic mass is 28.4. The Morgan fingerprint density at radius 2 is 1.30 bits per heavy atom. The first-order valence-electron chi connectivity index (χ1n) is 3.47. The van der Waals surface area contributed by atoms with Gasteiger partial charge in [0.15, 0.2) is 0 Å². The Balaban J connectivity index is 4.19. The maximum absolute atomic E-state index is 9.37. The molecule has 0 rings (SSSR count). The Labute approximate surface area is 65.6 Å². The summed E-state index contributed by atoms with van der Waals surface area (Å²) >= 11 is 0. The first-order chi connectivity index (χ1) is 4.21. The monoisotopic (exact) mass is 172 g/mol. The number of hydrogen-bond acceptors (Lipinski definition) is 1. The quantitative estimate of drug-likeness (QED) is 0.435. The van der Waals surface area contributed by atoms with Crippen molar-refractivity contribution in [3.8, 4) is 11.1 Å². The van der Waals surface area contributed by atoms with Crippen LogP contribution in [-0.2, 0) is 0 Å². The molecule has 0 amide bonds. The topological polar surface area (TPSA) is 20.2 Å². The van der Waals surface area contributed by atoms with Crippen molar-refractivity contribution in [3.05, 3.63) is 0 Å². The van der Waals surface area contributed by atoms with E-state index in [2.05, 4.69) is 30.7 Å². The summed E-state index contributed by atoms with van der Waals surface area (Å²) in [6.07, 6.45) is 0. The van der Waals surface area contributed by atoms with Gasteiger partial charge in [0.05, 0.1) is 0 Å². The molecule has 0 radical (unpaired) electrons. The minimum atomic E-state index is -2.09. The van der Waals surface area contributed by atoms with Gasteiger partial charge < -0.3 is 4.80 Å². The zero-order valence-electron chi connectivity index (χ0n) is 7.45. The summed E-state index contributed by atoms with van der Waals surface area (Å²) in [5.74, 6) is 0. The predicted octanol–water partition coefficient (Wildman–Crippen LogP) is 1.60. The van der Waals surface area contributed by atoms with E-state index in [-0.39, 0.29) is 0 Å². The van der Waals surface area contributed by atoms with E-state index in [0.717, 1.165) is 0 Å². The van der Waals surface area contributed by atoms with Gasteiger partial charge in [-0.2, -0.15) is 0 Å². The minimum absolute atomic E-state index is 1.25. The fourth-order valence-electron chi connectivity index (χ4n) is 0.340. The van der Waals surface area contributed by atoms with Gasteiger partial charge in [0.1, 0.15) is 8.07 Å². The Morgan fingerprint density at radius 1 is 0.900 bits per heavy atom. The second-order valence-corrected chi connectivity index (χ2v) is 12.2. The van der Waals surface area contributed by atoms with Gasteiger partial charge in [0.25, 0.3) is 8.32 Å². The average Bonchev–Trinajstić information content (AvgIpc) is 1.57. The fourth-order valence-corrected chi connectivity index (χ4v) is 3.06. The zero-order valence-corrected chi connectivity index (χ0v) is 9.45. The summed E-state index contributed by atoms with van der Waals surface area (Å²) in [7, 11) is -3.35. The summed E-state index contributed by atoms with van der Waals surface area (Å²) in [4.78, 5) is 9.37. The maximum Gasteiger partial charge on any atom is 0.262 e. The molecule has 0 atom stereocenters. The van der Waals surface area contributed by atoms with Crippen LogP contribution in [0.4, 0.5) is 0 Å². The van der Waals surface area contributed by atoms with Crippen molar-refractivity contribution in [1.29, 1.82) is 0 Å². The van der Waals surface area contributed by atoms with Gasteiger partial charge >= 0.3 is 0 Å². The van der Waals surface area contributed by atoms with Crippen LogP contribution in [0.15, 0.2) is 0 Å². The molecule has 0 unspecified atom stereocenters. The molecule has 0 saturated heterocycles. The predicted molar refractivity (Wildman–Crippen MR) is 50.8 cm³/mol. The van der Waals surface area contributed by atoms with Crippen LogP contribution in [0.2, 0.25) is 32.7 Å². The molecule has 0 aliphatic rings. The molecule has 0 aromatic heterocycles. The van der Waals surface area contributed by atoms with Gasteiger partial charge in [-0.15, -0.1) is 11.1 Å². The third-order valence-corrected chi connectivity index (χ3v) is 2.61. The van der Waals surface area contributed by atoms with Gasteiger partial charge in [-0.05, 0) is 13.1 Å². The van der Waals surface area contributed by atoms with E-state index in [4.69, 9.17) is 0 Å². The van der Waals surface area contributed by atoms with Crippen LogP contribution in [0.3, 0.4) is 0 Å². The van der Waals surface area contributed by atoms with E-state index in [9.17, 15) is 4.80 Å². The highest BCUT2D eigenvalue weighted by molar-refractivity contribution is 6.87. The number of hydrogen-bond donors (Lipinski definition) is 1. The van der Waals surface area contributed by atoms with E-state index in [1.807, 2.05) is 13.1 Å². The van der Waals surface area contributed by atoms with Crippen LogP contribution < -0.4 is 0 Å². The second kappa shape index (κ2) is 2.91. The van der Waals surface area contributed by atoms with Gasteiger partial charge in [-0.25, -0.2) is 0 Å². The standard InChI is InChI=1S/C7H16OSi2/c1-9(2,3)6-7-10(4,5)8/h8H,1-5H3. The summed E-state index contributed by atoms with van der Waals surface area (Å²) in [5, 5.41) is 0. The largest absolute Gasteiger partial charge is 0.422 e. The molecule has 0 saturated carbocycles. The molecule has 10 heavy (non-hydrogen) atoms. The van der Waals surface area contributed by atoms with Crippen molar-refractivity contribution in [2.24, 2.45) is 0 Å². The molecule has 0 bridgehead atoms. The average molecular weight is 172 g/mol. The van der Waals surface area contributed by atoms with E-state index in [1.54, 1.807) is 0 Å². The van der Waals surface area contributed by atoms with Gasteiger partial charge in [-0.1, -0.05) is 19.6 Å². The van der Waals surface area contributed by atoms with Crippen molar-refractivity contribution < 1.29 is 4.80 Å². The smallest absolute Gasteiger partial charge is 0.262 e. The lowest BCUT2D eigenvalue weighted by Gasteiger charge is -2.07. The molecule has 58 valence electrons. The highest BCUT2D eigenvalue weighted by Gasteiger charge is 2.14. The molecule has 0 aromatic carbocycles. The van der Waals surface area contributed by atoms with Crippen molar-refractivity contribution in [3.63, 3.8) is 0 Å². The first-order valence-corrected chi connectivity index (χ1v) is 9.92. The molecule has 0 aliphatic carbocycles. The fraction of sp³-hybridized carbons (Fsp3) is 0.714. The van der Waals surface area contributed by atoms with Crippen molar-refractivity contribution in [2.75, 3.05) is 0 Å². The lowest BCUT2D eigenvalue weighted by molar-refractivity contribution is 0.570. The van der Waals surface area contributed by atoms with Crippen LogP contribution in [-0.4, -0.2) is 21.2 Å². The van der Waals surface area contributed by atoms with Crippen molar-refractivity contribution in [1.82, 2.24) is 0 Å². The van der Waals surface area contributed by atoms with E-state index in [0.29, 0.717) is 0 Å². The molecule has 3 heteroatoms. The van der Waals surface area contributed by atoms with E-state index in [1.165, 1.54) is 0 Å². The summed E-state index contributed by atoms with van der Waals surface area (Å²) in [5.41, 5.74) is 6.13. The lowest BCUT2D eigenvalue weighted by atomic mass is 11.4. The zero-order chi connectivity index (χ0) is 8.41. The van der Waals surface area contributed by atoms with Crippen molar-refractivity contribution in [2.45, 2.75) is 32.7 Å². The molecule has 1 N–H and O–H groups in total. The van der Waals surface area contributed by atoms with E-state index < -0.39 is 16.4 Å².